The summed E-state index contributed by atoms with van der Waals surface area (Å²) in [5.41, 5.74) is 18.5. The molecule has 11 aromatic rings. The van der Waals surface area contributed by atoms with E-state index >= 15 is 0 Å². The number of aryl methyl sites for hydroxylation is 7. The number of H-pyrrole nitrogens is 5. The smallest absolute Gasteiger partial charge is 0.239 e. The summed E-state index contributed by atoms with van der Waals surface area (Å²) in [6.45, 7) is 28.1. The van der Waals surface area contributed by atoms with Gasteiger partial charge in [0.25, 0.3) is 0 Å². The molecule has 2 aliphatic heterocycles. The molecule has 0 saturated carbocycles. The summed E-state index contributed by atoms with van der Waals surface area (Å²) in [4.78, 5) is 35.8. The van der Waals surface area contributed by atoms with E-state index in [-0.39, 0.29) is 14.9 Å². The van der Waals surface area contributed by atoms with Gasteiger partial charge in [-0.1, -0.05) is 222 Å². The van der Waals surface area contributed by atoms with Crippen molar-refractivity contribution in [2.75, 3.05) is 0 Å². The number of para-hydroxylation sites is 5. The first-order valence-electron chi connectivity index (χ1n) is 27.0. The van der Waals surface area contributed by atoms with Crippen LogP contribution in [0.25, 0.3) is 17.0 Å². The van der Waals surface area contributed by atoms with Gasteiger partial charge in [-0.2, -0.15) is 13.4 Å². The first-order valence-corrected chi connectivity index (χ1v) is 28.2. The van der Waals surface area contributed by atoms with E-state index in [2.05, 4.69) is 144 Å². The van der Waals surface area contributed by atoms with Gasteiger partial charge in [0.1, 0.15) is 11.9 Å². The molecule has 0 unspecified atom stereocenters. The lowest BCUT2D eigenvalue weighted by Gasteiger charge is -1.97. The van der Waals surface area contributed by atoms with Crippen LogP contribution in [0.4, 0.5) is 22.7 Å². The van der Waals surface area contributed by atoms with E-state index in [1.165, 1.54) is 56.1 Å². The van der Waals surface area contributed by atoms with Gasteiger partial charge >= 0.3 is 0 Å². The summed E-state index contributed by atoms with van der Waals surface area (Å²) in [5.74, 6) is 0. The molecule has 0 amide bonds. The number of benzene rings is 7. The quantitative estimate of drug-likeness (QED) is 0.0528. The van der Waals surface area contributed by atoms with Gasteiger partial charge in [0.15, 0.2) is 0 Å². The molecule has 15 heteroatoms. The molecule has 6 heterocycles. The molecular weight excluding hydrogens is 1120 g/mol. The van der Waals surface area contributed by atoms with Gasteiger partial charge < -0.3 is 30.3 Å². The van der Waals surface area contributed by atoms with Gasteiger partial charge in [-0.25, -0.2) is 15.0 Å². The molecule has 4 aromatic heterocycles. The number of rotatable bonds is 4. The zero-order chi connectivity index (χ0) is 62.3. The number of hydrogen-bond donors (Lipinski definition) is 7. The lowest BCUT2D eigenvalue weighted by molar-refractivity contribution is -0.376. The Morgan fingerprint density at radius 3 is 1.40 bits per heavy atom. The highest BCUT2D eigenvalue weighted by atomic mass is 32.4. The zero-order valence-corrected chi connectivity index (χ0v) is 51.7. The number of fused-ring (bicyclic) bond motifs is 3. The molecule has 0 saturated heterocycles. The molecule has 8 N–H and O–H groups in total. The third-order valence-electron chi connectivity index (χ3n) is 11.7. The summed E-state index contributed by atoms with van der Waals surface area (Å²) in [6, 6.07) is 58.5. The maximum Gasteiger partial charge on any atom is 0.239 e. The molecule has 0 bridgehead atoms. The largest absolute Gasteiger partial charge is 0.380 e. The standard InChI is InChI=1S/C9H10.3C8H7N.3C8H9N.3C4H6N2.2CH4.HPS.H2S/c1-3-9-7-5-4-6-8(9)2;3*1-2-4-8-7(3-1)5-6-9-8;2*1-7-5-3-4-6-8(7)9-2;1-7-3-2-4-8(5-7)6-9;3*1-4-2-5-3-6-4;;;1-2;/h3-7H,1H2,2H3;2*1-4,6H,5H2;1-6,9H;3*2-6,9H,1H3;3*2-3H,1H3,(H,5,6);2*1H4;1H;1H2/p+1/i/hD. The van der Waals surface area contributed by atoms with Crippen LogP contribution >= 0.6 is 21.4 Å². The van der Waals surface area contributed by atoms with Gasteiger partial charge in [-0.15, -0.1) is 0 Å². The Kier molecular flexibility index (Phi) is 40.9. The van der Waals surface area contributed by atoms with Crippen molar-refractivity contribution in [2.45, 2.75) is 76.2 Å². The van der Waals surface area contributed by atoms with E-state index in [4.69, 9.17) is 20.0 Å². The van der Waals surface area contributed by atoms with Gasteiger partial charge in [-0.05, 0) is 93.2 Å². The fourth-order valence-corrected chi connectivity index (χ4v) is 7.16. The van der Waals surface area contributed by atoms with Crippen LogP contribution in [-0.4, -0.2) is 63.1 Å². The monoisotopic (exact) mass is 1200 g/mol. The van der Waals surface area contributed by atoms with Crippen molar-refractivity contribution in [1.82, 2.24) is 29.9 Å². The SMILES string of the molecule is C.C.C1=Nc2ccccc2C1.C1=Nc2ccccc2C1.C=Cc1ccccc1C.Cc1c[nH+]c[nH]1.Cc1cccc(C=N)c1.Cc1cnc[nH]1.Cc1cnc[nH]1.P=S.[2H]S.[CH-]=[NH+]c1ccccc1C.[CH-]=[NH+]c1ccccc1C.c1ccc2[nH]ccc2c1. The van der Waals surface area contributed by atoms with Gasteiger partial charge in [0, 0.05) is 87.3 Å². The van der Waals surface area contributed by atoms with Crippen LogP contribution in [0, 0.1) is 53.9 Å². The first kappa shape index (κ1) is 74.7. The summed E-state index contributed by atoms with van der Waals surface area (Å²) >= 11 is 6.67. The molecule has 86 heavy (non-hydrogen) atoms. The van der Waals surface area contributed by atoms with Gasteiger partial charge in [0.2, 0.25) is 6.33 Å². The van der Waals surface area contributed by atoms with Gasteiger partial charge in [-0.3, -0.25) is 15.0 Å². The number of nitrogens with zero attached hydrogens (tertiary/aromatic N) is 4. The molecule has 0 spiro atoms. The minimum absolute atomic E-state index is 0. The van der Waals surface area contributed by atoms with E-state index in [9.17, 15) is 0 Å². The highest BCUT2D eigenvalue weighted by molar-refractivity contribution is 7.88. The van der Waals surface area contributed by atoms with Crippen LogP contribution in [0.1, 0.15) is 76.4 Å². The third-order valence-corrected chi connectivity index (χ3v) is 11.7. The van der Waals surface area contributed by atoms with Crippen molar-refractivity contribution < 1.29 is 15.0 Å². The normalized spacial score (nSPS) is 9.70. The lowest BCUT2D eigenvalue weighted by atomic mass is 10.1. The van der Waals surface area contributed by atoms with Crippen LogP contribution in [0.5, 0.6) is 0 Å². The lowest BCUT2D eigenvalue weighted by Crippen LogP contribution is -2.58. The first-order chi connectivity index (χ1) is 41.4. The van der Waals surface area contributed by atoms with Gasteiger partial charge in [0.05, 0.1) is 36.5 Å². The number of aromatic amines is 5. The fraction of sp³-hybridized carbons (Fsp3) is 0.155. The summed E-state index contributed by atoms with van der Waals surface area (Å²) in [6.07, 6.45) is 21.7. The highest BCUT2D eigenvalue weighted by Gasteiger charge is 2.03. The number of imidazole rings is 3. The predicted molar refractivity (Wildman–Crippen MR) is 379 cm³/mol. The van der Waals surface area contributed by atoms with Crippen molar-refractivity contribution in [2.24, 2.45) is 9.98 Å². The topological polar surface area (TPSA) is 180 Å². The number of aliphatic imine (C=N–C) groups is 2. The molecule has 13 rings (SSSR count). The molecule has 0 fully saturated rings. The van der Waals surface area contributed by atoms with Crippen LogP contribution in [0.2, 0.25) is 0 Å². The molecule has 12 nitrogen and oxygen atoms in total. The minimum atomic E-state index is 0. The highest BCUT2D eigenvalue weighted by Crippen LogP contribution is 2.23. The Balaban J connectivity index is 0.000000939. The molecule has 448 valence electrons. The van der Waals surface area contributed by atoms with E-state index in [0.29, 0.717) is 0 Å². The van der Waals surface area contributed by atoms with Crippen molar-refractivity contribution >= 4 is 105 Å². The van der Waals surface area contributed by atoms with E-state index in [1.54, 1.807) is 31.4 Å². The molecule has 0 aliphatic carbocycles. The second kappa shape index (κ2) is 47.1. The number of hydrogen-bond acceptors (Lipinski definition) is 6. The maximum absolute atomic E-state index is 6.92. The van der Waals surface area contributed by atoms with E-state index < -0.39 is 0 Å². The average molecular weight is 1210 g/mol. The predicted octanol–water partition coefficient (Wildman–Crippen LogP) is 14.8. The molecular formula is C71H88N12PS2+. The second-order valence-corrected chi connectivity index (χ2v) is 18.1. The Hall–Kier alpha value is -9.33. The average Bonchev–Trinajstić information content (AvgIpc) is 4.47. The summed E-state index contributed by atoms with van der Waals surface area (Å²) in [5, 5.41) is 8.19. The molecule has 7 aromatic carbocycles. The second-order valence-electron chi connectivity index (χ2n) is 18.1. The molecule has 0 radical (unpaired) electrons. The Morgan fingerprint density at radius 1 is 0.581 bits per heavy atom. The Labute approximate surface area is 527 Å². The zero-order valence-electron chi connectivity index (χ0n) is 50.0. The van der Waals surface area contributed by atoms with E-state index in [0.717, 1.165) is 58.2 Å². The van der Waals surface area contributed by atoms with Crippen LogP contribution in [-0.2, 0) is 24.6 Å². The number of nitrogens with one attached hydrogen (secondary N) is 8. The van der Waals surface area contributed by atoms with E-state index in [1.807, 2.05) is 206 Å². The van der Waals surface area contributed by atoms with Crippen molar-refractivity contribution in [3.05, 3.63) is 288 Å². The Morgan fingerprint density at radius 2 is 1.06 bits per heavy atom. The molecule has 2 aliphatic rings. The minimum Gasteiger partial charge on any atom is -0.380 e. The fourth-order valence-electron chi connectivity index (χ4n) is 7.16. The third kappa shape index (κ3) is 31.4. The summed E-state index contributed by atoms with van der Waals surface area (Å²) in [7, 11) is 2.56. The number of aromatic nitrogens is 7. The van der Waals surface area contributed by atoms with Crippen LogP contribution in [0.3, 0.4) is 0 Å². The maximum atomic E-state index is 6.92. The Bertz CT molecular complexity index is 3300. The van der Waals surface area contributed by atoms with Crippen LogP contribution < -0.4 is 15.0 Å². The summed E-state index contributed by atoms with van der Waals surface area (Å²) < 4.78 is 5.44. The van der Waals surface area contributed by atoms with Crippen molar-refractivity contribution in [3.63, 3.8) is 0 Å². The molecule has 0 atom stereocenters. The van der Waals surface area contributed by atoms with Crippen LogP contribution in [0.15, 0.2) is 236 Å². The van der Waals surface area contributed by atoms with Crippen molar-refractivity contribution in [1.29, 1.82) is 6.53 Å². The van der Waals surface area contributed by atoms with Crippen molar-refractivity contribution in [3.8, 4) is 0 Å².